The number of hydrogen-bond donors (Lipinski definition) is 1. The van der Waals surface area contributed by atoms with Crippen molar-refractivity contribution < 1.29 is 4.74 Å². The van der Waals surface area contributed by atoms with E-state index < -0.39 is 0 Å². The summed E-state index contributed by atoms with van der Waals surface area (Å²) in [5, 5.41) is 3.05. The second-order valence-corrected chi connectivity index (χ2v) is 3.53. The quantitative estimate of drug-likeness (QED) is 0.747. The highest BCUT2D eigenvalue weighted by Gasteiger charge is 2.04. The molecule has 0 aliphatic heterocycles. The number of aromatic nitrogens is 1. The van der Waals surface area contributed by atoms with Crippen molar-refractivity contribution in [2.45, 2.75) is 19.4 Å². The number of nitrogens with two attached hydrogens (primary N) is 1. The minimum atomic E-state index is 0.0797. The fraction of sp³-hybridized carbons (Fsp3) is 0.625. The van der Waals surface area contributed by atoms with Gasteiger partial charge in [0.1, 0.15) is 0 Å². The van der Waals surface area contributed by atoms with Crippen molar-refractivity contribution in [1.82, 2.24) is 4.98 Å². The van der Waals surface area contributed by atoms with E-state index in [-0.39, 0.29) is 6.04 Å². The van der Waals surface area contributed by atoms with Crippen LogP contribution in [0, 0.1) is 0 Å². The molecule has 0 saturated carbocycles. The molecule has 68 valence electrons. The molecule has 0 aromatic carbocycles. The number of thiazole rings is 1. The third-order valence-electron chi connectivity index (χ3n) is 1.46. The Kier molecular flexibility index (Phi) is 4.21. The predicted molar refractivity (Wildman–Crippen MR) is 50.3 cm³/mol. The Balaban J connectivity index is 2.22. The molecule has 0 aliphatic rings. The van der Waals surface area contributed by atoms with Crippen LogP contribution < -0.4 is 5.73 Å². The third kappa shape index (κ3) is 3.30. The Labute approximate surface area is 76.6 Å². The van der Waals surface area contributed by atoms with E-state index in [1.165, 1.54) is 0 Å². The number of nitrogens with zero attached hydrogens (tertiary/aromatic N) is 1. The van der Waals surface area contributed by atoms with Crippen molar-refractivity contribution in [2.75, 3.05) is 13.2 Å². The summed E-state index contributed by atoms with van der Waals surface area (Å²) in [7, 11) is 0. The van der Waals surface area contributed by atoms with Gasteiger partial charge >= 0.3 is 0 Å². The van der Waals surface area contributed by atoms with Crippen LogP contribution in [0.3, 0.4) is 0 Å². The Morgan fingerprint density at radius 2 is 2.58 bits per heavy atom. The molecule has 2 N–H and O–H groups in total. The molecule has 0 bridgehead atoms. The summed E-state index contributed by atoms with van der Waals surface area (Å²) in [6, 6.07) is 0.0797. The maximum Gasteiger partial charge on any atom is 0.0941 e. The molecule has 4 heteroatoms. The zero-order valence-corrected chi connectivity index (χ0v) is 8.01. The average molecular weight is 186 g/mol. The molecule has 1 aromatic rings. The van der Waals surface area contributed by atoms with Gasteiger partial charge in [-0.3, -0.25) is 0 Å². The lowest BCUT2D eigenvalue weighted by atomic mass is 10.2. The van der Waals surface area contributed by atoms with Crippen LogP contribution in [0.1, 0.15) is 11.9 Å². The Hall–Kier alpha value is -0.450. The highest BCUT2D eigenvalue weighted by molar-refractivity contribution is 7.09. The summed E-state index contributed by atoms with van der Waals surface area (Å²) in [4.78, 5) is 4.15. The SMILES string of the molecule is CCOCC(N)Cc1nccs1. The molecule has 0 spiro atoms. The Bertz CT molecular complexity index is 201. The van der Waals surface area contributed by atoms with Crippen molar-refractivity contribution in [3.8, 4) is 0 Å². The molecule has 12 heavy (non-hydrogen) atoms. The maximum absolute atomic E-state index is 5.79. The normalized spacial score (nSPS) is 13.2. The highest BCUT2D eigenvalue weighted by atomic mass is 32.1. The van der Waals surface area contributed by atoms with Crippen LogP contribution in [0.2, 0.25) is 0 Å². The van der Waals surface area contributed by atoms with Crippen LogP contribution in [0.4, 0.5) is 0 Å². The van der Waals surface area contributed by atoms with Gasteiger partial charge < -0.3 is 10.5 Å². The summed E-state index contributed by atoms with van der Waals surface area (Å²) in [5.41, 5.74) is 5.79. The molecule has 1 aromatic heterocycles. The largest absolute Gasteiger partial charge is 0.380 e. The lowest BCUT2D eigenvalue weighted by Gasteiger charge is -2.08. The van der Waals surface area contributed by atoms with Gasteiger partial charge in [-0.1, -0.05) is 0 Å². The Morgan fingerprint density at radius 1 is 1.75 bits per heavy atom. The van der Waals surface area contributed by atoms with Crippen molar-refractivity contribution in [1.29, 1.82) is 0 Å². The van der Waals surface area contributed by atoms with Crippen LogP contribution in [-0.2, 0) is 11.2 Å². The molecular formula is C8H14N2OS. The van der Waals surface area contributed by atoms with E-state index in [9.17, 15) is 0 Å². The lowest BCUT2D eigenvalue weighted by Crippen LogP contribution is -2.28. The molecule has 1 rings (SSSR count). The zero-order chi connectivity index (χ0) is 8.81. The molecule has 0 aliphatic carbocycles. The molecule has 0 amide bonds. The van der Waals surface area contributed by atoms with E-state index in [1.54, 1.807) is 17.5 Å². The first kappa shape index (κ1) is 9.64. The third-order valence-corrected chi connectivity index (χ3v) is 2.26. The van der Waals surface area contributed by atoms with E-state index in [2.05, 4.69) is 4.98 Å². The van der Waals surface area contributed by atoms with Crippen LogP contribution in [0.5, 0.6) is 0 Å². The van der Waals surface area contributed by atoms with Crippen LogP contribution in [0.25, 0.3) is 0 Å². The van der Waals surface area contributed by atoms with E-state index in [0.29, 0.717) is 6.61 Å². The Morgan fingerprint density at radius 3 is 3.17 bits per heavy atom. The number of ether oxygens (including phenoxy) is 1. The molecule has 0 fully saturated rings. The molecule has 1 heterocycles. The van der Waals surface area contributed by atoms with Gasteiger partial charge in [0.2, 0.25) is 0 Å². The standard InChI is InChI=1S/C8H14N2OS/c1-2-11-6-7(9)5-8-10-3-4-12-8/h3-4,7H,2,5-6,9H2,1H3. The fourth-order valence-electron chi connectivity index (χ4n) is 0.906. The van der Waals surface area contributed by atoms with E-state index in [0.717, 1.165) is 18.0 Å². The molecule has 1 atom stereocenters. The summed E-state index contributed by atoms with van der Waals surface area (Å²) < 4.78 is 5.20. The molecule has 0 radical (unpaired) electrons. The summed E-state index contributed by atoms with van der Waals surface area (Å²) >= 11 is 1.64. The van der Waals surface area contributed by atoms with Crippen molar-refractivity contribution in [3.05, 3.63) is 16.6 Å². The van der Waals surface area contributed by atoms with E-state index in [4.69, 9.17) is 10.5 Å². The summed E-state index contributed by atoms with van der Waals surface area (Å²) in [6.45, 7) is 3.32. The van der Waals surface area contributed by atoms with Crippen LogP contribution in [-0.4, -0.2) is 24.2 Å². The van der Waals surface area contributed by atoms with Gasteiger partial charge in [0.05, 0.1) is 11.6 Å². The summed E-state index contributed by atoms with van der Waals surface area (Å²) in [6.07, 6.45) is 2.62. The van der Waals surface area contributed by atoms with Gasteiger partial charge in [-0.2, -0.15) is 0 Å². The molecule has 1 unspecified atom stereocenters. The first-order valence-electron chi connectivity index (χ1n) is 4.04. The second-order valence-electron chi connectivity index (χ2n) is 2.55. The topological polar surface area (TPSA) is 48.1 Å². The predicted octanol–water partition coefficient (Wildman–Crippen LogP) is 1.05. The number of hydrogen-bond acceptors (Lipinski definition) is 4. The average Bonchev–Trinajstić information content (AvgIpc) is 2.53. The molecule has 3 nitrogen and oxygen atoms in total. The fourth-order valence-corrected chi connectivity index (χ4v) is 1.62. The van der Waals surface area contributed by atoms with Crippen LogP contribution in [0.15, 0.2) is 11.6 Å². The first-order valence-corrected chi connectivity index (χ1v) is 4.92. The lowest BCUT2D eigenvalue weighted by molar-refractivity contribution is 0.133. The van der Waals surface area contributed by atoms with Crippen LogP contribution >= 0.6 is 11.3 Å². The summed E-state index contributed by atoms with van der Waals surface area (Å²) in [5.74, 6) is 0. The van der Waals surface area contributed by atoms with Crippen molar-refractivity contribution >= 4 is 11.3 Å². The molecule has 0 saturated heterocycles. The van der Waals surface area contributed by atoms with Gasteiger partial charge in [-0.25, -0.2) is 4.98 Å². The first-order chi connectivity index (χ1) is 5.83. The van der Waals surface area contributed by atoms with E-state index >= 15 is 0 Å². The molecular weight excluding hydrogens is 172 g/mol. The van der Waals surface area contributed by atoms with Gasteiger partial charge in [-0.05, 0) is 6.92 Å². The maximum atomic E-state index is 5.79. The van der Waals surface area contributed by atoms with E-state index in [1.807, 2.05) is 12.3 Å². The number of rotatable bonds is 5. The monoisotopic (exact) mass is 186 g/mol. The minimum Gasteiger partial charge on any atom is -0.380 e. The zero-order valence-electron chi connectivity index (χ0n) is 7.19. The van der Waals surface area contributed by atoms with Crippen molar-refractivity contribution in [2.24, 2.45) is 5.73 Å². The van der Waals surface area contributed by atoms with Gasteiger partial charge in [0, 0.05) is 30.6 Å². The minimum absolute atomic E-state index is 0.0797. The van der Waals surface area contributed by atoms with Gasteiger partial charge in [-0.15, -0.1) is 11.3 Å². The van der Waals surface area contributed by atoms with Gasteiger partial charge in [0.15, 0.2) is 0 Å². The smallest absolute Gasteiger partial charge is 0.0941 e. The van der Waals surface area contributed by atoms with Crippen molar-refractivity contribution in [3.63, 3.8) is 0 Å². The second kappa shape index (κ2) is 5.24. The van der Waals surface area contributed by atoms with Gasteiger partial charge in [0.25, 0.3) is 0 Å². The highest BCUT2D eigenvalue weighted by Crippen LogP contribution is 2.06.